The number of carbonyl (C=O) groups excluding carboxylic acids is 2. The number of benzene rings is 1. The molecule has 0 N–H and O–H groups in total. The molecule has 0 saturated carbocycles. The summed E-state index contributed by atoms with van der Waals surface area (Å²) in [6.07, 6.45) is 3.54. The molecule has 4 heteroatoms. The van der Waals surface area contributed by atoms with Crippen LogP contribution in [-0.4, -0.2) is 36.0 Å². The van der Waals surface area contributed by atoms with Crippen LogP contribution in [0.2, 0.25) is 0 Å². The highest BCUT2D eigenvalue weighted by molar-refractivity contribution is 5.92. The van der Waals surface area contributed by atoms with Crippen LogP contribution in [0.25, 0.3) is 6.08 Å². The predicted octanol–water partition coefficient (Wildman–Crippen LogP) is 2.89. The van der Waals surface area contributed by atoms with Crippen LogP contribution < -0.4 is 0 Å². The van der Waals surface area contributed by atoms with E-state index < -0.39 is 0 Å². The maximum atomic E-state index is 12.2. The first-order valence-corrected chi connectivity index (χ1v) is 7.24. The van der Waals surface area contributed by atoms with Gasteiger partial charge in [-0.05, 0) is 32.4 Å². The molecule has 0 aliphatic carbocycles. The van der Waals surface area contributed by atoms with Gasteiger partial charge < -0.3 is 9.64 Å². The van der Waals surface area contributed by atoms with E-state index in [1.165, 1.54) is 0 Å². The summed E-state index contributed by atoms with van der Waals surface area (Å²) in [6, 6.07) is 9.67. The van der Waals surface area contributed by atoms with Gasteiger partial charge in [-0.25, -0.2) is 0 Å². The minimum Gasteiger partial charge on any atom is -0.466 e. The van der Waals surface area contributed by atoms with Gasteiger partial charge in [-0.15, -0.1) is 0 Å². The van der Waals surface area contributed by atoms with Gasteiger partial charge in [0.05, 0.1) is 13.0 Å². The van der Waals surface area contributed by atoms with Crippen LogP contribution in [0, 0.1) is 0 Å². The monoisotopic (exact) mass is 289 g/mol. The summed E-state index contributed by atoms with van der Waals surface area (Å²) in [5, 5.41) is 0. The topological polar surface area (TPSA) is 46.6 Å². The third kappa shape index (κ3) is 6.25. The highest BCUT2D eigenvalue weighted by atomic mass is 16.5. The van der Waals surface area contributed by atoms with Gasteiger partial charge in [0.25, 0.3) is 0 Å². The number of rotatable bonds is 7. The smallest absolute Gasteiger partial charge is 0.307 e. The third-order valence-electron chi connectivity index (χ3n) is 2.99. The number of hydrogen-bond donors (Lipinski definition) is 0. The molecular formula is C17H23NO3. The Morgan fingerprint density at radius 1 is 1.24 bits per heavy atom. The van der Waals surface area contributed by atoms with Crippen LogP contribution in [0.15, 0.2) is 36.4 Å². The number of esters is 1. The molecule has 0 fully saturated rings. The Balaban J connectivity index is 2.61. The number of carbonyl (C=O) groups is 2. The molecule has 1 amide bonds. The van der Waals surface area contributed by atoms with Gasteiger partial charge in [0.1, 0.15) is 0 Å². The lowest BCUT2D eigenvalue weighted by Gasteiger charge is -2.25. The van der Waals surface area contributed by atoms with Crippen molar-refractivity contribution in [3.8, 4) is 0 Å². The van der Waals surface area contributed by atoms with E-state index in [0.717, 1.165) is 5.56 Å². The van der Waals surface area contributed by atoms with E-state index >= 15 is 0 Å². The lowest BCUT2D eigenvalue weighted by atomic mass is 10.2. The molecule has 0 atom stereocenters. The van der Waals surface area contributed by atoms with E-state index in [1.807, 2.05) is 44.2 Å². The molecular weight excluding hydrogens is 266 g/mol. The zero-order valence-electron chi connectivity index (χ0n) is 12.9. The van der Waals surface area contributed by atoms with Gasteiger partial charge >= 0.3 is 5.97 Å². The molecule has 21 heavy (non-hydrogen) atoms. The van der Waals surface area contributed by atoms with E-state index in [1.54, 1.807) is 24.0 Å². The molecule has 0 heterocycles. The summed E-state index contributed by atoms with van der Waals surface area (Å²) in [4.78, 5) is 25.3. The summed E-state index contributed by atoms with van der Waals surface area (Å²) < 4.78 is 4.89. The lowest BCUT2D eigenvalue weighted by Crippen LogP contribution is -2.37. The SMILES string of the molecule is CCOC(=O)CCN(C(=O)/C=C/c1ccccc1)C(C)C. The highest BCUT2D eigenvalue weighted by Crippen LogP contribution is 2.06. The van der Waals surface area contributed by atoms with Gasteiger partial charge in [0.2, 0.25) is 5.91 Å². The Labute approximate surface area is 126 Å². The maximum absolute atomic E-state index is 12.2. The molecule has 1 aromatic rings. The Morgan fingerprint density at radius 2 is 1.90 bits per heavy atom. The average molecular weight is 289 g/mol. The maximum Gasteiger partial charge on any atom is 0.307 e. The number of nitrogens with zero attached hydrogens (tertiary/aromatic N) is 1. The van der Waals surface area contributed by atoms with Crippen molar-refractivity contribution in [2.24, 2.45) is 0 Å². The van der Waals surface area contributed by atoms with Gasteiger partial charge in [-0.2, -0.15) is 0 Å². The molecule has 0 bridgehead atoms. The second-order valence-corrected chi connectivity index (χ2v) is 4.92. The Hall–Kier alpha value is -2.10. The lowest BCUT2D eigenvalue weighted by molar-refractivity contribution is -0.144. The third-order valence-corrected chi connectivity index (χ3v) is 2.99. The zero-order valence-corrected chi connectivity index (χ0v) is 12.9. The first kappa shape index (κ1) is 17.0. The normalized spacial score (nSPS) is 10.9. The predicted molar refractivity (Wildman–Crippen MR) is 83.6 cm³/mol. The Kier molecular flexibility index (Phi) is 7.23. The molecule has 0 aliphatic heterocycles. The average Bonchev–Trinajstić information content (AvgIpc) is 2.46. The van der Waals surface area contributed by atoms with Crippen molar-refractivity contribution in [1.29, 1.82) is 0 Å². The van der Waals surface area contributed by atoms with Gasteiger partial charge in [-0.3, -0.25) is 9.59 Å². The first-order valence-electron chi connectivity index (χ1n) is 7.24. The van der Waals surface area contributed by atoms with Crippen molar-refractivity contribution in [3.63, 3.8) is 0 Å². The molecule has 0 spiro atoms. The second kappa shape index (κ2) is 8.95. The summed E-state index contributed by atoms with van der Waals surface area (Å²) in [7, 11) is 0. The Bertz CT molecular complexity index is 480. The van der Waals surface area contributed by atoms with Crippen LogP contribution >= 0.6 is 0 Å². The van der Waals surface area contributed by atoms with Crippen molar-refractivity contribution in [1.82, 2.24) is 4.90 Å². The minimum atomic E-state index is -0.275. The van der Waals surface area contributed by atoms with Crippen LogP contribution in [0.3, 0.4) is 0 Å². The van der Waals surface area contributed by atoms with Gasteiger partial charge in [0, 0.05) is 18.7 Å². The fourth-order valence-corrected chi connectivity index (χ4v) is 1.90. The quantitative estimate of drug-likeness (QED) is 0.573. The molecule has 114 valence electrons. The van der Waals surface area contributed by atoms with E-state index in [0.29, 0.717) is 13.2 Å². The number of ether oxygens (including phenoxy) is 1. The summed E-state index contributed by atoms with van der Waals surface area (Å²) >= 11 is 0. The standard InChI is InChI=1S/C17H23NO3/c1-4-21-17(20)12-13-18(14(2)3)16(19)11-10-15-8-6-5-7-9-15/h5-11,14H,4,12-13H2,1-3H3/b11-10+. The first-order chi connectivity index (χ1) is 10.0. The molecule has 0 aliphatic rings. The van der Waals surface area contributed by atoms with Gasteiger partial charge in [-0.1, -0.05) is 30.3 Å². The van der Waals surface area contributed by atoms with Crippen molar-refractivity contribution in [2.45, 2.75) is 33.2 Å². The van der Waals surface area contributed by atoms with Crippen molar-refractivity contribution in [3.05, 3.63) is 42.0 Å². The number of hydrogen-bond acceptors (Lipinski definition) is 3. The van der Waals surface area contributed by atoms with Crippen molar-refractivity contribution < 1.29 is 14.3 Å². The molecule has 0 aromatic heterocycles. The minimum absolute atomic E-state index is 0.0346. The highest BCUT2D eigenvalue weighted by Gasteiger charge is 2.16. The zero-order chi connectivity index (χ0) is 15.7. The van der Waals surface area contributed by atoms with Crippen LogP contribution in [0.4, 0.5) is 0 Å². The van der Waals surface area contributed by atoms with Crippen LogP contribution in [0.1, 0.15) is 32.8 Å². The van der Waals surface area contributed by atoms with Crippen LogP contribution in [-0.2, 0) is 14.3 Å². The van der Waals surface area contributed by atoms with Crippen LogP contribution in [0.5, 0.6) is 0 Å². The fourth-order valence-electron chi connectivity index (χ4n) is 1.90. The summed E-state index contributed by atoms with van der Waals surface area (Å²) in [5.74, 6) is -0.374. The molecule has 1 rings (SSSR count). The van der Waals surface area contributed by atoms with E-state index in [-0.39, 0.29) is 24.3 Å². The molecule has 1 aromatic carbocycles. The molecule has 0 saturated heterocycles. The number of amides is 1. The van der Waals surface area contributed by atoms with Gasteiger partial charge in [0.15, 0.2) is 0 Å². The summed E-state index contributed by atoms with van der Waals surface area (Å²) in [5.41, 5.74) is 0.972. The van der Waals surface area contributed by atoms with Crippen molar-refractivity contribution >= 4 is 18.0 Å². The molecule has 0 unspecified atom stereocenters. The largest absolute Gasteiger partial charge is 0.466 e. The van der Waals surface area contributed by atoms with E-state index in [9.17, 15) is 9.59 Å². The van der Waals surface area contributed by atoms with E-state index in [4.69, 9.17) is 4.74 Å². The molecule has 0 radical (unpaired) electrons. The Morgan fingerprint density at radius 3 is 2.48 bits per heavy atom. The summed E-state index contributed by atoms with van der Waals surface area (Å²) in [6.45, 7) is 6.36. The fraction of sp³-hybridized carbons (Fsp3) is 0.412. The molecule has 4 nitrogen and oxygen atoms in total. The second-order valence-electron chi connectivity index (χ2n) is 4.92. The van der Waals surface area contributed by atoms with Crippen molar-refractivity contribution in [2.75, 3.05) is 13.2 Å². The van der Waals surface area contributed by atoms with E-state index in [2.05, 4.69) is 0 Å².